The Kier molecular flexibility index (Phi) is 7.89. The molecule has 1 unspecified atom stereocenters. The van der Waals surface area contributed by atoms with Crippen LogP contribution in [0.15, 0.2) is 53.9 Å². The van der Waals surface area contributed by atoms with Gasteiger partial charge in [-0.05, 0) is 48.9 Å². The highest BCUT2D eigenvalue weighted by atomic mass is 32.2. The number of hydrogen-bond donors (Lipinski definition) is 4. The smallest absolute Gasteiger partial charge is 0.299 e. The van der Waals surface area contributed by atoms with Crippen molar-refractivity contribution >= 4 is 46.7 Å². The van der Waals surface area contributed by atoms with Crippen molar-refractivity contribution in [2.75, 3.05) is 19.3 Å². The van der Waals surface area contributed by atoms with Crippen LogP contribution in [0.2, 0.25) is 0 Å². The molecule has 1 aromatic heterocycles. The van der Waals surface area contributed by atoms with Crippen LogP contribution >= 0.6 is 23.1 Å². The fraction of sp³-hybridized carbons (Fsp3) is 0.310. The zero-order chi connectivity index (χ0) is 29.5. The van der Waals surface area contributed by atoms with Crippen LogP contribution in [0.25, 0.3) is 11.1 Å². The Morgan fingerprint density at radius 2 is 1.88 bits per heavy atom. The van der Waals surface area contributed by atoms with Crippen molar-refractivity contribution in [3.8, 4) is 11.1 Å². The van der Waals surface area contributed by atoms with E-state index in [2.05, 4.69) is 10.6 Å². The molecule has 2 aromatic carbocycles. The van der Waals surface area contributed by atoms with Crippen LogP contribution in [0.1, 0.15) is 51.3 Å². The van der Waals surface area contributed by atoms with E-state index in [1.165, 1.54) is 40.5 Å². The number of halogens is 2. The third-order valence-electron chi connectivity index (χ3n) is 7.51. The van der Waals surface area contributed by atoms with Crippen molar-refractivity contribution in [3.63, 3.8) is 0 Å². The summed E-state index contributed by atoms with van der Waals surface area (Å²) in [6.45, 7) is 1.85. The highest BCUT2D eigenvalue weighted by Gasteiger charge is 2.44. The number of nitrogens with two attached hydrogens (primary N) is 1. The summed E-state index contributed by atoms with van der Waals surface area (Å²) >= 11 is 2.95. The molecule has 0 saturated carbocycles. The van der Waals surface area contributed by atoms with Gasteiger partial charge in [0.15, 0.2) is 0 Å². The minimum absolute atomic E-state index is 0.0499. The molecule has 0 bridgehead atoms. The maximum absolute atomic E-state index is 14.9. The summed E-state index contributed by atoms with van der Waals surface area (Å²) in [5.74, 6) is -4.47. The molecule has 214 valence electrons. The number of rotatable bonds is 8. The predicted octanol–water partition coefficient (Wildman–Crippen LogP) is 4.09. The van der Waals surface area contributed by atoms with Crippen molar-refractivity contribution in [1.29, 1.82) is 5.41 Å². The first-order valence-corrected chi connectivity index (χ1v) is 15.1. The molecule has 5 rings (SSSR count). The number of benzene rings is 2. The molecule has 2 aliphatic rings. The first-order chi connectivity index (χ1) is 19.5. The van der Waals surface area contributed by atoms with Crippen LogP contribution in [0.4, 0.5) is 8.78 Å². The number of nitrogens with one attached hydrogen (secondary N) is 3. The lowest BCUT2D eigenvalue weighted by atomic mass is 10.0. The van der Waals surface area contributed by atoms with Gasteiger partial charge in [0, 0.05) is 44.3 Å². The number of alkyl halides is 2. The van der Waals surface area contributed by atoms with E-state index in [4.69, 9.17) is 11.1 Å². The molecule has 41 heavy (non-hydrogen) atoms. The summed E-state index contributed by atoms with van der Waals surface area (Å²) in [7, 11) is 0. The standard InChI is InChI=1S/C29H29F2N5O3S2/c1-15(24-10-17(14-41-24)26(32)33)35-28(39)23-11-18(40-2)13-36(23)25(37)12-34-27(38)16-7-8-22-20(9-16)19-5-3-4-6-21(19)29(22,30)31/h3-10,14-15,18,23H,11-13H2,1-2H3,(H3,32,33)(H,34,38)(H,35,39)/t15?,18-,23+/m1/s1. The zero-order valence-corrected chi connectivity index (χ0v) is 24.0. The average Bonchev–Trinajstić information content (AvgIpc) is 3.68. The number of amidine groups is 1. The van der Waals surface area contributed by atoms with Crippen molar-refractivity contribution in [2.24, 2.45) is 5.73 Å². The van der Waals surface area contributed by atoms with E-state index in [9.17, 15) is 23.2 Å². The molecule has 1 aliphatic carbocycles. The van der Waals surface area contributed by atoms with Crippen LogP contribution in [0, 0.1) is 5.41 Å². The minimum Gasteiger partial charge on any atom is -0.384 e. The van der Waals surface area contributed by atoms with Gasteiger partial charge in [-0.15, -0.1) is 11.3 Å². The second-order valence-corrected chi connectivity index (χ2v) is 12.2. The van der Waals surface area contributed by atoms with Gasteiger partial charge in [-0.3, -0.25) is 19.8 Å². The second-order valence-electron chi connectivity index (χ2n) is 10.1. The number of likely N-dealkylation sites (tertiary alicyclic amines) is 1. The Morgan fingerprint density at radius 3 is 2.59 bits per heavy atom. The number of hydrogen-bond acceptors (Lipinski definition) is 6. The number of nitrogen functional groups attached to an aromatic ring is 1. The molecule has 12 heteroatoms. The van der Waals surface area contributed by atoms with E-state index in [1.54, 1.807) is 41.4 Å². The first-order valence-electron chi connectivity index (χ1n) is 13.0. The van der Waals surface area contributed by atoms with Gasteiger partial charge in [-0.2, -0.15) is 20.5 Å². The van der Waals surface area contributed by atoms with E-state index in [0.717, 1.165) is 4.88 Å². The molecule has 3 atom stereocenters. The van der Waals surface area contributed by atoms with Gasteiger partial charge in [0.1, 0.15) is 11.9 Å². The Bertz CT molecular complexity index is 1540. The number of carbonyl (C=O) groups excluding carboxylic acids is 3. The lowest BCUT2D eigenvalue weighted by Crippen LogP contribution is -2.49. The molecule has 0 radical (unpaired) electrons. The number of thiophene rings is 1. The Balaban J connectivity index is 1.25. The average molecular weight is 598 g/mol. The third kappa shape index (κ3) is 5.45. The Hall–Kier alpha value is -3.77. The van der Waals surface area contributed by atoms with E-state index in [1.807, 2.05) is 13.2 Å². The van der Waals surface area contributed by atoms with E-state index in [-0.39, 0.29) is 46.3 Å². The maximum atomic E-state index is 14.9. The maximum Gasteiger partial charge on any atom is 0.299 e. The third-order valence-corrected chi connectivity index (χ3v) is 9.63. The molecule has 1 aliphatic heterocycles. The van der Waals surface area contributed by atoms with Gasteiger partial charge in [-0.1, -0.05) is 30.3 Å². The summed E-state index contributed by atoms with van der Waals surface area (Å²) in [6.07, 6.45) is 2.39. The summed E-state index contributed by atoms with van der Waals surface area (Å²) < 4.78 is 29.7. The predicted molar refractivity (Wildman–Crippen MR) is 157 cm³/mol. The second kappa shape index (κ2) is 11.2. The largest absolute Gasteiger partial charge is 0.384 e. The Labute approximate surface area is 244 Å². The topological polar surface area (TPSA) is 128 Å². The van der Waals surface area contributed by atoms with E-state index >= 15 is 0 Å². The van der Waals surface area contributed by atoms with Gasteiger partial charge in [0.2, 0.25) is 11.8 Å². The van der Waals surface area contributed by atoms with E-state index < -0.39 is 23.8 Å². The summed E-state index contributed by atoms with van der Waals surface area (Å²) in [5.41, 5.74) is 6.71. The lowest BCUT2D eigenvalue weighted by Gasteiger charge is -2.25. The first kappa shape index (κ1) is 28.7. The normalized spacial score (nSPS) is 19.3. The van der Waals surface area contributed by atoms with Crippen molar-refractivity contribution in [1.82, 2.24) is 15.5 Å². The molecular weight excluding hydrogens is 568 g/mol. The fourth-order valence-corrected chi connectivity index (χ4v) is 6.87. The number of amides is 3. The van der Waals surface area contributed by atoms with Gasteiger partial charge >= 0.3 is 0 Å². The number of nitrogens with zero attached hydrogens (tertiary/aromatic N) is 1. The van der Waals surface area contributed by atoms with E-state index in [0.29, 0.717) is 29.7 Å². The minimum atomic E-state index is -3.15. The molecule has 2 heterocycles. The number of fused-ring (bicyclic) bond motifs is 3. The van der Waals surface area contributed by atoms with Crippen LogP contribution < -0.4 is 16.4 Å². The molecular formula is C29H29F2N5O3S2. The quantitative estimate of drug-likeness (QED) is 0.230. The molecule has 5 N–H and O–H groups in total. The van der Waals surface area contributed by atoms with Gasteiger partial charge in [-0.25, -0.2) is 0 Å². The molecule has 1 saturated heterocycles. The van der Waals surface area contributed by atoms with Gasteiger partial charge < -0.3 is 21.3 Å². The summed E-state index contributed by atoms with van der Waals surface area (Å²) in [6, 6.07) is 10.9. The van der Waals surface area contributed by atoms with Crippen molar-refractivity contribution in [3.05, 3.63) is 81.0 Å². The van der Waals surface area contributed by atoms with Crippen LogP contribution in [-0.4, -0.2) is 59.1 Å². The summed E-state index contributed by atoms with van der Waals surface area (Å²) in [5, 5.41) is 14.9. The van der Waals surface area contributed by atoms with Crippen molar-refractivity contribution in [2.45, 2.75) is 36.6 Å². The van der Waals surface area contributed by atoms with Gasteiger partial charge in [0.05, 0.1) is 12.6 Å². The highest BCUT2D eigenvalue weighted by molar-refractivity contribution is 7.99. The molecule has 3 aromatic rings. The SMILES string of the molecule is CS[C@@H]1C[C@@H](C(=O)NC(C)c2cc(C(=N)N)cs2)N(C(=O)CNC(=O)c2ccc3c(c2)-c2ccccc2C3(F)F)C1. The molecule has 3 amide bonds. The summed E-state index contributed by atoms with van der Waals surface area (Å²) in [4.78, 5) is 41.7. The monoisotopic (exact) mass is 597 g/mol. The van der Waals surface area contributed by atoms with Crippen LogP contribution in [-0.2, 0) is 15.5 Å². The molecule has 1 fully saturated rings. The lowest BCUT2D eigenvalue weighted by molar-refractivity contribution is -0.137. The highest BCUT2D eigenvalue weighted by Crippen LogP contribution is 2.50. The van der Waals surface area contributed by atoms with Crippen LogP contribution in [0.3, 0.4) is 0 Å². The molecule has 0 spiro atoms. The zero-order valence-electron chi connectivity index (χ0n) is 22.4. The molecule has 8 nitrogen and oxygen atoms in total. The Morgan fingerprint density at radius 1 is 1.15 bits per heavy atom. The van der Waals surface area contributed by atoms with Crippen LogP contribution in [0.5, 0.6) is 0 Å². The number of thioether (sulfide) groups is 1. The van der Waals surface area contributed by atoms with Gasteiger partial charge in [0.25, 0.3) is 11.8 Å². The fourth-order valence-electron chi connectivity index (χ4n) is 5.27. The van der Waals surface area contributed by atoms with Crippen molar-refractivity contribution < 1.29 is 23.2 Å². The number of carbonyl (C=O) groups is 3.